The molecule has 0 aliphatic carbocycles. The largest absolute Gasteiger partial charge is 0.289 e. The number of hydrogen-bond acceptors (Lipinski definition) is 4. The molecular formula is C19H24N2O4S. The van der Waals surface area contributed by atoms with E-state index in [1.807, 2.05) is 37.3 Å². The van der Waals surface area contributed by atoms with Crippen LogP contribution in [0.4, 0.5) is 0 Å². The van der Waals surface area contributed by atoms with Crippen molar-refractivity contribution in [3.8, 4) is 11.1 Å². The minimum atomic E-state index is -3.70. The molecule has 2 N–H and O–H groups in total. The summed E-state index contributed by atoms with van der Waals surface area (Å²) in [7, 11) is -3.70. The molecule has 6 nitrogen and oxygen atoms in total. The van der Waals surface area contributed by atoms with Gasteiger partial charge in [0.15, 0.2) is 0 Å². The van der Waals surface area contributed by atoms with Gasteiger partial charge in [0.05, 0.1) is 4.90 Å². The zero-order chi connectivity index (χ0) is 19.0. The Kier molecular flexibility index (Phi) is 7.32. The molecule has 140 valence electrons. The van der Waals surface area contributed by atoms with Gasteiger partial charge < -0.3 is 0 Å². The third kappa shape index (κ3) is 5.14. The molecule has 1 amide bonds. The lowest BCUT2D eigenvalue weighted by molar-refractivity contribution is -0.129. The molecule has 0 aliphatic rings. The Morgan fingerprint density at radius 3 is 2.19 bits per heavy atom. The van der Waals surface area contributed by atoms with Crippen LogP contribution in [0.2, 0.25) is 0 Å². The van der Waals surface area contributed by atoms with E-state index in [1.54, 1.807) is 24.3 Å². The first-order valence-electron chi connectivity index (χ1n) is 8.57. The number of carbonyl (C=O) groups excluding carboxylic acids is 1. The van der Waals surface area contributed by atoms with E-state index < -0.39 is 15.9 Å². The van der Waals surface area contributed by atoms with Gasteiger partial charge in [-0.1, -0.05) is 55.8 Å². The third-order valence-corrected chi connectivity index (χ3v) is 5.99. The zero-order valence-electron chi connectivity index (χ0n) is 14.8. The first-order valence-corrected chi connectivity index (χ1v) is 10.0. The highest BCUT2D eigenvalue weighted by atomic mass is 32.2. The molecule has 2 rings (SSSR count). The molecule has 0 spiro atoms. The van der Waals surface area contributed by atoms with Gasteiger partial charge in [-0.05, 0) is 29.7 Å². The average molecular weight is 376 g/mol. The molecular weight excluding hydrogens is 352 g/mol. The van der Waals surface area contributed by atoms with Gasteiger partial charge in [0.1, 0.15) is 0 Å². The monoisotopic (exact) mass is 376 g/mol. The molecule has 7 heteroatoms. The standard InChI is InChI=1S/C19H24N2O4S/c1-2-3-14-21(15-13-19(22)20-23)26(24,25)18-11-9-17(10-12-18)16-7-5-4-6-8-16/h4-12,23H,2-3,13-15H2,1H3,(H,20,22). The van der Waals surface area contributed by atoms with Crippen molar-refractivity contribution in [2.75, 3.05) is 13.1 Å². The molecule has 2 aromatic carbocycles. The van der Waals surface area contributed by atoms with E-state index in [9.17, 15) is 13.2 Å². The minimum absolute atomic E-state index is 0.0230. The van der Waals surface area contributed by atoms with Gasteiger partial charge in [0, 0.05) is 19.5 Å². The van der Waals surface area contributed by atoms with Gasteiger partial charge >= 0.3 is 0 Å². The summed E-state index contributed by atoms with van der Waals surface area (Å²) in [6.45, 7) is 2.33. The molecule has 0 heterocycles. The highest BCUT2D eigenvalue weighted by molar-refractivity contribution is 7.89. The fourth-order valence-electron chi connectivity index (χ4n) is 2.57. The summed E-state index contributed by atoms with van der Waals surface area (Å²) in [5.41, 5.74) is 3.48. The van der Waals surface area contributed by atoms with E-state index in [0.717, 1.165) is 17.5 Å². The SMILES string of the molecule is CCCCN(CCC(=O)NO)S(=O)(=O)c1ccc(-c2ccccc2)cc1. The fourth-order valence-corrected chi connectivity index (χ4v) is 4.05. The smallest absolute Gasteiger partial charge is 0.244 e. The Balaban J connectivity index is 2.22. The zero-order valence-corrected chi connectivity index (χ0v) is 15.6. The van der Waals surface area contributed by atoms with E-state index in [2.05, 4.69) is 0 Å². The van der Waals surface area contributed by atoms with E-state index >= 15 is 0 Å². The summed E-state index contributed by atoms with van der Waals surface area (Å²) in [4.78, 5) is 11.5. The average Bonchev–Trinajstić information content (AvgIpc) is 2.68. The van der Waals surface area contributed by atoms with Crippen molar-refractivity contribution in [1.29, 1.82) is 0 Å². The number of hydrogen-bond donors (Lipinski definition) is 2. The van der Waals surface area contributed by atoms with Gasteiger partial charge in [-0.15, -0.1) is 0 Å². The Labute approximate surface area is 154 Å². The number of nitrogens with zero attached hydrogens (tertiary/aromatic N) is 1. The van der Waals surface area contributed by atoms with Crippen LogP contribution < -0.4 is 5.48 Å². The number of unbranched alkanes of at least 4 members (excludes halogenated alkanes) is 1. The maximum Gasteiger partial charge on any atom is 0.244 e. The van der Waals surface area contributed by atoms with Gasteiger partial charge in [0.25, 0.3) is 0 Å². The molecule has 0 radical (unpaired) electrons. The molecule has 0 saturated heterocycles. The molecule has 0 aromatic heterocycles. The number of benzene rings is 2. The van der Waals surface area contributed by atoms with Crippen LogP contribution in [0, 0.1) is 0 Å². The second kappa shape index (κ2) is 9.47. The Morgan fingerprint density at radius 1 is 1.00 bits per heavy atom. The summed E-state index contributed by atoms with van der Waals surface area (Å²) < 4.78 is 27.1. The molecule has 0 saturated carbocycles. The summed E-state index contributed by atoms with van der Waals surface area (Å²) >= 11 is 0. The van der Waals surface area contributed by atoms with Crippen molar-refractivity contribution in [3.63, 3.8) is 0 Å². The lowest BCUT2D eigenvalue weighted by Crippen LogP contribution is -2.35. The number of amides is 1. The van der Waals surface area contributed by atoms with Crippen molar-refractivity contribution < 1.29 is 18.4 Å². The first kappa shape index (κ1) is 20.1. The molecule has 0 fully saturated rings. The maximum absolute atomic E-state index is 12.9. The normalized spacial score (nSPS) is 11.5. The van der Waals surface area contributed by atoms with Gasteiger partial charge in [-0.2, -0.15) is 4.31 Å². The van der Waals surface area contributed by atoms with E-state index in [-0.39, 0.29) is 17.9 Å². The lowest BCUT2D eigenvalue weighted by atomic mass is 10.1. The highest BCUT2D eigenvalue weighted by Crippen LogP contribution is 2.23. The van der Waals surface area contributed by atoms with Crippen LogP contribution in [-0.4, -0.2) is 36.9 Å². The fraction of sp³-hybridized carbons (Fsp3) is 0.316. The number of sulfonamides is 1. The Morgan fingerprint density at radius 2 is 1.62 bits per heavy atom. The quantitative estimate of drug-likeness (QED) is 0.520. The van der Waals surface area contributed by atoms with Gasteiger partial charge in [-0.25, -0.2) is 13.9 Å². The second-order valence-corrected chi connectivity index (χ2v) is 7.87. The number of carbonyl (C=O) groups is 1. The summed E-state index contributed by atoms with van der Waals surface area (Å²) in [6, 6.07) is 16.4. The topological polar surface area (TPSA) is 86.7 Å². The van der Waals surface area contributed by atoms with Crippen LogP contribution in [0.5, 0.6) is 0 Å². The van der Waals surface area contributed by atoms with Crippen LogP contribution in [0.3, 0.4) is 0 Å². The minimum Gasteiger partial charge on any atom is -0.289 e. The van der Waals surface area contributed by atoms with E-state index in [1.165, 1.54) is 9.79 Å². The lowest BCUT2D eigenvalue weighted by Gasteiger charge is -2.22. The summed E-state index contributed by atoms with van der Waals surface area (Å²) in [5.74, 6) is -0.610. The summed E-state index contributed by atoms with van der Waals surface area (Å²) in [5, 5.41) is 8.61. The third-order valence-electron chi connectivity index (χ3n) is 4.07. The molecule has 26 heavy (non-hydrogen) atoms. The van der Waals surface area contributed by atoms with Crippen LogP contribution in [0.1, 0.15) is 26.2 Å². The van der Waals surface area contributed by atoms with Crippen molar-refractivity contribution in [2.24, 2.45) is 0 Å². The number of hydroxylamine groups is 1. The molecule has 0 atom stereocenters. The van der Waals surface area contributed by atoms with Crippen LogP contribution >= 0.6 is 0 Å². The summed E-state index contributed by atoms with van der Waals surface area (Å²) in [6.07, 6.45) is 1.44. The second-order valence-electron chi connectivity index (χ2n) is 5.93. The predicted octanol–water partition coefficient (Wildman–Crippen LogP) is 3.04. The predicted molar refractivity (Wildman–Crippen MR) is 100 cm³/mol. The van der Waals surface area contributed by atoms with Gasteiger partial charge in [-0.3, -0.25) is 10.0 Å². The first-order chi connectivity index (χ1) is 12.5. The van der Waals surface area contributed by atoms with Crippen LogP contribution in [-0.2, 0) is 14.8 Å². The molecule has 0 aliphatic heterocycles. The van der Waals surface area contributed by atoms with Crippen molar-refractivity contribution in [2.45, 2.75) is 31.1 Å². The number of rotatable bonds is 9. The maximum atomic E-state index is 12.9. The van der Waals surface area contributed by atoms with E-state index in [4.69, 9.17) is 5.21 Å². The highest BCUT2D eigenvalue weighted by Gasteiger charge is 2.24. The van der Waals surface area contributed by atoms with Gasteiger partial charge in [0.2, 0.25) is 15.9 Å². The Hall–Kier alpha value is -2.22. The molecule has 2 aromatic rings. The molecule has 0 bridgehead atoms. The Bertz CT molecular complexity index is 805. The van der Waals surface area contributed by atoms with Crippen molar-refractivity contribution >= 4 is 15.9 Å². The van der Waals surface area contributed by atoms with E-state index in [0.29, 0.717) is 13.0 Å². The molecule has 0 unspecified atom stereocenters. The van der Waals surface area contributed by atoms with Crippen LogP contribution in [0.15, 0.2) is 59.5 Å². The van der Waals surface area contributed by atoms with Crippen LogP contribution in [0.25, 0.3) is 11.1 Å². The van der Waals surface area contributed by atoms with Crippen molar-refractivity contribution in [3.05, 3.63) is 54.6 Å². The number of nitrogens with one attached hydrogen (secondary N) is 1. The van der Waals surface area contributed by atoms with Crippen molar-refractivity contribution in [1.82, 2.24) is 9.79 Å².